The van der Waals surface area contributed by atoms with Gasteiger partial charge in [0.1, 0.15) is 0 Å². The van der Waals surface area contributed by atoms with Crippen LogP contribution in [0.15, 0.2) is 72.9 Å². The maximum absolute atomic E-state index is 7.10. The van der Waals surface area contributed by atoms with Crippen molar-refractivity contribution >= 4 is 18.7 Å². The fourth-order valence-electron chi connectivity index (χ4n) is 4.66. The van der Waals surface area contributed by atoms with Crippen LogP contribution in [0.4, 0.5) is 0 Å². The van der Waals surface area contributed by atoms with Crippen LogP contribution in [0.2, 0.25) is 0 Å². The van der Waals surface area contributed by atoms with Crippen molar-refractivity contribution < 1.29 is 4.43 Å². The van der Waals surface area contributed by atoms with Crippen molar-refractivity contribution in [3.63, 3.8) is 0 Å². The number of rotatable bonds is 18. The molecule has 0 radical (unpaired) electrons. The largest absolute Gasteiger partial charge is 0.402 e. The molecule has 1 nitrogen and oxygen atoms in total. The van der Waals surface area contributed by atoms with E-state index in [4.69, 9.17) is 4.43 Å². The van der Waals surface area contributed by atoms with Gasteiger partial charge in [-0.2, -0.15) is 0 Å². The first-order valence-electron chi connectivity index (χ1n) is 13.2. The van der Waals surface area contributed by atoms with Gasteiger partial charge in [-0.15, -0.1) is 6.58 Å². The van der Waals surface area contributed by atoms with Crippen LogP contribution in [0.5, 0.6) is 0 Å². The van der Waals surface area contributed by atoms with Crippen LogP contribution in [0.3, 0.4) is 0 Å². The second-order valence-electron chi connectivity index (χ2n) is 9.17. The third-order valence-electron chi connectivity index (χ3n) is 6.54. The molecule has 0 aliphatic rings. The summed E-state index contributed by atoms with van der Waals surface area (Å²) in [5.74, 6) is 0. The molecule has 32 heavy (non-hydrogen) atoms. The number of benzene rings is 2. The van der Waals surface area contributed by atoms with Crippen molar-refractivity contribution in [2.45, 2.75) is 103 Å². The van der Waals surface area contributed by atoms with E-state index in [0.717, 1.165) is 19.3 Å². The molecule has 2 rings (SSSR count). The molecular formula is C30H46OSi. The lowest BCUT2D eigenvalue weighted by atomic mass is 10.0. The van der Waals surface area contributed by atoms with Gasteiger partial charge in [0.25, 0.3) is 8.32 Å². The van der Waals surface area contributed by atoms with Gasteiger partial charge in [-0.1, -0.05) is 151 Å². The molecule has 0 fully saturated rings. The molecule has 1 unspecified atom stereocenters. The molecule has 1 atom stereocenters. The molecule has 0 amide bonds. The van der Waals surface area contributed by atoms with Gasteiger partial charge < -0.3 is 4.43 Å². The van der Waals surface area contributed by atoms with Gasteiger partial charge in [0.15, 0.2) is 0 Å². The molecule has 0 N–H and O–H groups in total. The monoisotopic (exact) mass is 450 g/mol. The fourth-order valence-corrected chi connectivity index (χ4v) is 7.97. The topological polar surface area (TPSA) is 9.23 Å². The summed E-state index contributed by atoms with van der Waals surface area (Å²) in [4.78, 5) is 0. The standard InChI is InChI=1S/C30H46OSi/c1-4-7-8-9-10-11-12-13-14-17-23-28(22-5-2)31-32(6-3,29-24-18-15-19-25-29)30-26-20-16-21-27-30/h6,15-16,18-21,24-28H,3-5,7-14,17,22-23H2,1-2H3. The highest BCUT2D eigenvalue weighted by atomic mass is 28.4. The highest BCUT2D eigenvalue weighted by Gasteiger charge is 2.38. The van der Waals surface area contributed by atoms with Crippen molar-refractivity contribution in [3.05, 3.63) is 72.9 Å². The third-order valence-corrected chi connectivity index (χ3v) is 10.2. The Balaban J connectivity index is 1.93. The van der Waals surface area contributed by atoms with Gasteiger partial charge in [-0.3, -0.25) is 0 Å². The smallest absolute Gasteiger partial charge is 0.280 e. The van der Waals surface area contributed by atoms with Crippen molar-refractivity contribution in [2.24, 2.45) is 0 Å². The van der Waals surface area contributed by atoms with Crippen LogP contribution in [0, 0.1) is 0 Å². The highest BCUT2D eigenvalue weighted by molar-refractivity contribution is 7.01. The Labute approximate surface area is 199 Å². The van der Waals surface area contributed by atoms with Crippen LogP contribution in [0.1, 0.15) is 97.3 Å². The minimum absolute atomic E-state index is 0.305. The number of unbranched alkanes of at least 4 members (excludes halogenated alkanes) is 9. The lowest BCUT2D eigenvalue weighted by Crippen LogP contribution is -2.61. The van der Waals surface area contributed by atoms with Gasteiger partial charge in [0, 0.05) is 6.10 Å². The molecule has 2 heteroatoms. The van der Waals surface area contributed by atoms with E-state index in [0.29, 0.717) is 6.10 Å². The Morgan fingerprint density at radius 1 is 0.656 bits per heavy atom. The second kappa shape index (κ2) is 16.0. The summed E-state index contributed by atoms with van der Waals surface area (Å²) in [7, 11) is -2.46. The zero-order valence-electron chi connectivity index (χ0n) is 20.7. The SMILES string of the molecule is C=C[Si](OC(CCC)CCCCCCCCCCCC)(c1ccccc1)c1ccccc1. The first kappa shape index (κ1) is 26.6. The van der Waals surface area contributed by atoms with Gasteiger partial charge in [-0.05, 0) is 23.2 Å². The Morgan fingerprint density at radius 3 is 1.56 bits per heavy atom. The average Bonchev–Trinajstić information content (AvgIpc) is 2.84. The van der Waals surface area contributed by atoms with E-state index in [9.17, 15) is 0 Å². The minimum atomic E-state index is -2.46. The van der Waals surface area contributed by atoms with Crippen LogP contribution in [0.25, 0.3) is 0 Å². The van der Waals surface area contributed by atoms with Gasteiger partial charge in [0.05, 0.1) is 0 Å². The third kappa shape index (κ3) is 8.71. The molecular weight excluding hydrogens is 404 g/mol. The zero-order valence-corrected chi connectivity index (χ0v) is 21.7. The van der Waals surface area contributed by atoms with E-state index >= 15 is 0 Å². The Kier molecular flexibility index (Phi) is 13.3. The summed E-state index contributed by atoms with van der Waals surface area (Å²) in [6.45, 7) is 8.86. The van der Waals surface area contributed by atoms with Gasteiger partial charge in [0.2, 0.25) is 0 Å². The Hall–Kier alpha value is -1.64. The quantitative estimate of drug-likeness (QED) is 0.165. The molecule has 0 saturated carbocycles. The van der Waals surface area contributed by atoms with Crippen LogP contribution < -0.4 is 10.4 Å². The predicted octanol–water partition coefficient (Wildman–Crippen LogP) is 7.97. The second-order valence-corrected chi connectivity index (χ2v) is 12.4. The van der Waals surface area contributed by atoms with Crippen LogP contribution in [-0.4, -0.2) is 14.4 Å². The summed E-state index contributed by atoms with van der Waals surface area (Å²) in [6.07, 6.45) is 17.5. The number of hydrogen-bond donors (Lipinski definition) is 0. The summed E-state index contributed by atoms with van der Waals surface area (Å²) in [6, 6.07) is 21.6. The zero-order chi connectivity index (χ0) is 22.9. The van der Waals surface area contributed by atoms with E-state index in [2.05, 4.69) is 86.8 Å². The van der Waals surface area contributed by atoms with E-state index in [1.165, 1.54) is 74.6 Å². The molecule has 176 valence electrons. The van der Waals surface area contributed by atoms with Gasteiger partial charge >= 0.3 is 0 Å². The van der Waals surface area contributed by atoms with E-state index in [1.807, 2.05) is 0 Å². The molecule has 0 saturated heterocycles. The predicted molar refractivity (Wildman–Crippen MR) is 144 cm³/mol. The van der Waals surface area contributed by atoms with Crippen molar-refractivity contribution in [2.75, 3.05) is 0 Å². The fraction of sp³-hybridized carbons (Fsp3) is 0.533. The summed E-state index contributed by atoms with van der Waals surface area (Å²) < 4.78 is 7.10. The highest BCUT2D eigenvalue weighted by Crippen LogP contribution is 2.20. The average molecular weight is 451 g/mol. The van der Waals surface area contributed by atoms with E-state index in [-0.39, 0.29) is 0 Å². The molecule has 2 aromatic rings. The molecule has 0 aromatic heterocycles. The van der Waals surface area contributed by atoms with Crippen molar-refractivity contribution in [1.82, 2.24) is 0 Å². The molecule has 0 bridgehead atoms. The summed E-state index contributed by atoms with van der Waals surface area (Å²) in [5, 5.41) is 2.59. The van der Waals surface area contributed by atoms with Crippen molar-refractivity contribution in [3.8, 4) is 0 Å². The Morgan fingerprint density at radius 2 is 1.12 bits per heavy atom. The Bertz CT molecular complexity index is 673. The maximum Gasteiger partial charge on any atom is 0.280 e. The minimum Gasteiger partial charge on any atom is -0.402 e. The number of hydrogen-bond acceptors (Lipinski definition) is 1. The maximum atomic E-state index is 7.10. The molecule has 2 aromatic carbocycles. The molecule has 0 aliphatic heterocycles. The molecule has 0 spiro atoms. The normalized spacial score (nSPS) is 12.6. The van der Waals surface area contributed by atoms with Crippen molar-refractivity contribution in [1.29, 1.82) is 0 Å². The van der Waals surface area contributed by atoms with E-state index < -0.39 is 8.32 Å². The lowest BCUT2D eigenvalue weighted by Gasteiger charge is -2.34. The lowest BCUT2D eigenvalue weighted by molar-refractivity contribution is 0.175. The summed E-state index contributed by atoms with van der Waals surface area (Å²) in [5.41, 5.74) is 2.14. The molecule has 0 aliphatic carbocycles. The van der Waals surface area contributed by atoms with Gasteiger partial charge in [-0.25, -0.2) is 0 Å². The summed E-state index contributed by atoms with van der Waals surface area (Å²) >= 11 is 0. The van der Waals surface area contributed by atoms with Crippen LogP contribution in [-0.2, 0) is 4.43 Å². The van der Waals surface area contributed by atoms with Crippen LogP contribution >= 0.6 is 0 Å². The molecule has 0 heterocycles. The first-order valence-corrected chi connectivity index (χ1v) is 15.2. The van der Waals surface area contributed by atoms with E-state index in [1.54, 1.807) is 0 Å². The first-order chi connectivity index (χ1) is 15.8.